The van der Waals surface area contributed by atoms with E-state index in [1.165, 1.54) is 0 Å². The van der Waals surface area contributed by atoms with E-state index in [-0.39, 0.29) is 10.6 Å². The first-order chi connectivity index (χ1) is 11.0. The molecular formula is C17H21NO4S. The number of phenols is 1. The molecule has 0 bridgehead atoms. The standard InChI is InChI=1S/C17H21NO4S/c1-14-8-10-15(11-9-14)23(20,21)18-12-4-5-13-22-17-7-3-2-6-16(17)19/h2-3,6-11,18-19H,4-5,12-13H2,1H3. The van der Waals surface area contributed by atoms with Gasteiger partial charge < -0.3 is 9.84 Å². The molecule has 0 aliphatic carbocycles. The number of rotatable bonds is 8. The minimum Gasteiger partial charge on any atom is -0.504 e. The van der Waals surface area contributed by atoms with E-state index in [9.17, 15) is 13.5 Å². The zero-order valence-corrected chi connectivity index (χ0v) is 13.8. The van der Waals surface area contributed by atoms with Crippen molar-refractivity contribution < 1.29 is 18.3 Å². The highest BCUT2D eigenvalue weighted by Gasteiger charge is 2.12. The molecule has 0 radical (unpaired) electrons. The number of phenolic OH excluding ortho intramolecular Hbond substituents is 1. The van der Waals surface area contributed by atoms with E-state index in [2.05, 4.69) is 4.72 Å². The molecule has 0 unspecified atom stereocenters. The highest BCUT2D eigenvalue weighted by atomic mass is 32.2. The Morgan fingerprint density at radius 1 is 1.04 bits per heavy atom. The Morgan fingerprint density at radius 3 is 2.43 bits per heavy atom. The Bertz CT molecular complexity index is 727. The van der Waals surface area contributed by atoms with Gasteiger partial charge in [0.2, 0.25) is 10.0 Å². The summed E-state index contributed by atoms with van der Waals surface area (Å²) in [5.74, 6) is 0.542. The Kier molecular flexibility index (Phi) is 6.01. The number of para-hydroxylation sites is 2. The number of sulfonamides is 1. The van der Waals surface area contributed by atoms with Gasteiger partial charge >= 0.3 is 0 Å². The van der Waals surface area contributed by atoms with Gasteiger partial charge in [0, 0.05) is 6.54 Å². The van der Waals surface area contributed by atoms with E-state index in [4.69, 9.17) is 4.74 Å². The molecule has 0 amide bonds. The minimum atomic E-state index is -3.45. The molecule has 0 saturated carbocycles. The van der Waals surface area contributed by atoms with Crippen molar-refractivity contribution in [1.82, 2.24) is 4.72 Å². The first-order valence-corrected chi connectivity index (χ1v) is 8.94. The molecule has 0 saturated heterocycles. The van der Waals surface area contributed by atoms with Crippen molar-refractivity contribution in [2.45, 2.75) is 24.7 Å². The number of aryl methyl sites for hydroxylation is 1. The van der Waals surface area contributed by atoms with E-state index in [1.54, 1.807) is 48.5 Å². The van der Waals surface area contributed by atoms with Gasteiger partial charge in [-0.15, -0.1) is 0 Å². The van der Waals surface area contributed by atoms with Crippen molar-refractivity contribution >= 4 is 10.0 Å². The first kappa shape index (κ1) is 17.3. The molecular weight excluding hydrogens is 314 g/mol. The average molecular weight is 335 g/mol. The fraction of sp³-hybridized carbons (Fsp3) is 0.294. The normalized spacial score (nSPS) is 11.3. The molecule has 6 heteroatoms. The highest BCUT2D eigenvalue weighted by Crippen LogP contribution is 2.24. The Morgan fingerprint density at radius 2 is 1.74 bits per heavy atom. The molecule has 0 fully saturated rings. The molecule has 2 aromatic carbocycles. The third-order valence-corrected chi connectivity index (χ3v) is 4.79. The predicted octanol–water partition coefficient (Wildman–Crippen LogP) is 2.84. The molecule has 0 heterocycles. The number of unbranched alkanes of at least 4 members (excludes halogenated alkanes) is 1. The zero-order valence-electron chi connectivity index (χ0n) is 13.0. The number of hydrogen-bond donors (Lipinski definition) is 2. The average Bonchev–Trinajstić information content (AvgIpc) is 2.52. The summed E-state index contributed by atoms with van der Waals surface area (Å²) in [5.41, 5.74) is 1.02. The fourth-order valence-corrected chi connectivity index (χ4v) is 3.07. The van der Waals surface area contributed by atoms with E-state index in [0.29, 0.717) is 31.7 Å². The molecule has 2 aromatic rings. The van der Waals surface area contributed by atoms with Gasteiger partial charge in [0.15, 0.2) is 11.5 Å². The van der Waals surface area contributed by atoms with Gasteiger partial charge in [-0.1, -0.05) is 29.8 Å². The summed E-state index contributed by atoms with van der Waals surface area (Å²) in [6, 6.07) is 13.5. The first-order valence-electron chi connectivity index (χ1n) is 7.46. The monoisotopic (exact) mass is 335 g/mol. The van der Waals surface area contributed by atoms with Crippen LogP contribution < -0.4 is 9.46 Å². The summed E-state index contributed by atoms with van der Waals surface area (Å²) in [4.78, 5) is 0.272. The van der Waals surface area contributed by atoms with Gasteiger partial charge in [0.1, 0.15) is 0 Å². The van der Waals surface area contributed by atoms with Crippen LogP contribution in [0.25, 0.3) is 0 Å². The number of benzene rings is 2. The van der Waals surface area contributed by atoms with Crippen LogP contribution in [0.4, 0.5) is 0 Å². The smallest absolute Gasteiger partial charge is 0.240 e. The Labute approximate surface area is 137 Å². The number of hydrogen-bond acceptors (Lipinski definition) is 4. The number of aromatic hydroxyl groups is 1. The second-order valence-corrected chi connectivity index (χ2v) is 7.00. The van der Waals surface area contributed by atoms with Gasteiger partial charge in [-0.05, 0) is 44.0 Å². The fourth-order valence-electron chi connectivity index (χ4n) is 2.00. The van der Waals surface area contributed by atoms with E-state index >= 15 is 0 Å². The van der Waals surface area contributed by atoms with E-state index < -0.39 is 10.0 Å². The summed E-state index contributed by atoms with van der Waals surface area (Å²) in [7, 11) is -3.45. The molecule has 2 rings (SSSR count). The quantitative estimate of drug-likeness (QED) is 0.727. The summed E-state index contributed by atoms with van der Waals surface area (Å²) < 4.78 is 32.1. The molecule has 23 heavy (non-hydrogen) atoms. The third kappa shape index (κ3) is 5.26. The van der Waals surface area contributed by atoms with Crippen molar-refractivity contribution in [3.05, 3.63) is 54.1 Å². The SMILES string of the molecule is Cc1ccc(S(=O)(=O)NCCCCOc2ccccc2O)cc1. The second kappa shape index (κ2) is 7.99. The van der Waals surface area contributed by atoms with E-state index in [1.807, 2.05) is 6.92 Å². The van der Waals surface area contributed by atoms with Crippen LogP contribution in [0.3, 0.4) is 0 Å². The van der Waals surface area contributed by atoms with Crippen molar-refractivity contribution in [2.24, 2.45) is 0 Å². The lowest BCUT2D eigenvalue weighted by atomic mass is 10.2. The maximum absolute atomic E-state index is 12.1. The molecule has 0 aliphatic rings. The molecule has 2 N–H and O–H groups in total. The summed E-state index contributed by atoms with van der Waals surface area (Å²) in [5, 5.41) is 9.55. The topological polar surface area (TPSA) is 75.6 Å². The van der Waals surface area contributed by atoms with Gasteiger partial charge in [0.05, 0.1) is 11.5 Å². The Hall–Kier alpha value is -2.05. The number of nitrogens with one attached hydrogen (secondary N) is 1. The largest absolute Gasteiger partial charge is 0.504 e. The van der Waals surface area contributed by atoms with Crippen LogP contribution in [0.5, 0.6) is 11.5 Å². The van der Waals surface area contributed by atoms with Crippen LogP contribution in [0.1, 0.15) is 18.4 Å². The van der Waals surface area contributed by atoms with Gasteiger partial charge in [0.25, 0.3) is 0 Å². The highest BCUT2D eigenvalue weighted by molar-refractivity contribution is 7.89. The minimum absolute atomic E-state index is 0.104. The second-order valence-electron chi connectivity index (χ2n) is 5.23. The maximum Gasteiger partial charge on any atom is 0.240 e. The zero-order chi connectivity index (χ0) is 16.7. The van der Waals surface area contributed by atoms with Crippen molar-refractivity contribution in [1.29, 1.82) is 0 Å². The molecule has 0 spiro atoms. The van der Waals surface area contributed by atoms with Crippen molar-refractivity contribution in [3.63, 3.8) is 0 Å². The van der Waals surface area contributed by atoms with Gasteiger partial charge in [-0.2, -0.15) is 0 Å². The lowest BCUT2D eigenvalue weighted by Crippen LogP contribution is -2.25. The summed E-state index contributed by atoms with van der Waals surface area (Å²) >= 11 is 0. The third-order valence-electron chi connectivity index (χ3n) is 3.32. The van der Waals surface area contributed by atoms with Crippen molar-refractivity contribution in [3.8, 4) is 11.5 Å². The molecule has 0 aromatic heterocycles. The van der Waals surface area contributed by atoms with Gasteiger partial charge in [-0.3, -0.25) is 0 Å². The van der Waals surface area contributed by atoms with Crippen LogP contribution >= 0.6 is 0 Å². The summed E-state index contributed by atoms with van der Waals surface area (Å²) in [6.45, 7) is 2.68. The summed E-state index contributed by atoms with van der Waals surface area (Å²) in [6.07, 6.45) is 1.34. The van der Waals surface area contributed by atoms with E-state index in [0.717, 1.165) is 5.56 Å². The van der Waals surface area contributed by atoms with Gasteiger partial charge in [-0.25, -0.2) is 13.1 Å². The number of ether oxygens (including phenoxy) is 1. The molecule has 124 valence electrons. The predicted molar refractivity (Wildman–Crippen MR) is 89.2 cm³/mol. The lowest BCUT2D eigenvalue weighted by molar-refractivity contribution is 0.291. The van der Waals surface area contributed by atoms with Crippen LogP contribution in [0, 0.1) is 6.92 Å². The van der Waals surface area contributed by atoms with Crippen LogP contribution in [0.2, 0.25) is 0 Å². The van der Waals surface area contributed by atoms with Crippen molar-refractivity contribution in [2.75, 3.05) is 13.2 Å². The van der Waals surface area contributed by atoms with Crippen LogP contribution in [-0.2, 0) is 10.0 Å². The molecule has 5 nitrogen and oxygen atoms in total. The maximum atomic E-state index is 12.1. The lowest BCUT2D eigenvalue weighted by Gasteiger charge is -2.09. The van der Waals surface area contributed by atoms with Crippen LogP contribution in [-0.4, -0.2) is 26.7 Å². The molecule has 0 atom stereocenters. The van der Waals surface area contributed by atoms with Crippen LogP contribution in [0.15, 0.2) is 53.4 Å². The Balaban J connectivity index is 1.71. The molecule has 0 aliphatic heterocycles.